The molecule has 0 N–H and O–H groups in total. The second-order valence-corrected chi connectivity index (χ2v) is 4.57. The van der Waals surface area contributed by atoms with Crippen LogP contribution >= 0.6 is 0 Å². The van der Waals surface area contributed by atoms with Crippen molar-refractivity contribution in [1.82, 2.24) is 0 Å². The lowest BCUT2D eigenvalue weighted by Crippen LogP contribution is -2.34. The number of hydroxylamine groups is 1. The van der Waals surface area contributed by atoms with Gasteiger partial charge in [0.2, 0.25) is 0 Å². The van der Waals surface area contributed by atoms with Crippen molar-refractivity contribution in [3.05, 3.63) is 30.3 Å². The lowest BCUT2D eigenvalue weighted by Gasteiger charge is -2.30. The first-order valence-electron chi connectivity index (χ1n) is 5.92. The Bertz CT molecular complexity index is 325. The monoisotopic (exact) mass is 203 g/mol. The van der Waals surface area contributed by atoms with E-state index in [1.807, 2.05) is 0 Å². The summed E-state index contributed by atoms with van der Waals surface area (Å²) in [4.78, 5) is 5.82. The van der Waals surface area contributed by atoms with Crippen LogP contribution in [0.25, 0.3) is 0 Å². The molecule has 0 spiro atoms. The van der Waals surface area contributed by atoms with Crippen LogP contribution < -0.4 is 5.06 Å². The number of fused-ring (bicyclic) bond motifs is 1. The summed E-state index contributed by atoms with van der Waals surface area (Å²) in [5.74, 6) is 0.763. The van der Waals surface area contributed by atoms with Gasteiger partial charge in [-0.2, -0.15) is 0 Å². The highest BCUT2D eigenvalue weighted by Crippen LogP contribution is 2.36. The largest absolute Gasteiger partial charge is 0.273 e. The Labute approximate surface area is 90.8 Å². The predicted octanol–water partition coefficient (Wildman–Crippen LogP) is 3.00. The van der Waals surface area contributed by atoms with Crippen molar-refractivity contribution < 1.29 is 4.84 Å². The molecule has 2 unspecified atom stereocenters. The summed E-state index contributed by atoms with van der Waals surface area (Å²) < 4.78 is 0. The Hall–Kier alpha value is -1.02. The van der Waals surface area contributed by atoms with Crippen LogP contribution in [-0.4, -0.2) is 12.6 Å². The van der Waals surface area contributed by atoms with E-state index in [1.54, 1.807) is 0 Å². The molecule has 1 aliphatic heterocycles. The molecule has 0 amide bonds. The van der Waals surface area contributed by atoms with Crippen molar-refractivity contribution in [1.29, 1.82) is 0 Å². The van der Waals surface area contributed by atoms with Crippen LogP contribution in [0.1, 0.15) is 25.7 Å². The van der Waals surface area contributed by atoms with Crippen molar-refractivity contribution >= 4 is 5.69 Å². The Morgan fingerprint density at radius 1 is 1.07 bits per heavy atom. The molecule has 1 aromatic carbocycles. The van der Waals surface area contributed by atoms with E-state index in [1.165, 1.54) is 31.4 Å². The molecule has 1 saturated heterocycles. The molecule has 1 aromatic rings. The van der Waals surface area contributed by atoms with Crippen molar-refractivity contribution in [2.24, 2.45) is 5.92 Å². The normalized spacial score (nSPS) is 30.3. The van der Waals surface area contributed by atoms with Gasteiger partial charge in [-0.1, -0.05) is 31.0 Å². The van der Waals surface area contributed by atoms with E-state index >= 15 is 0 Å². The molecule has 0 radical (unpaired) electrons. The average Bonchev–Trinajstić information content (AvgIpc) is 2.74. The summed E-state index contributed by atoms with van der Waals surface area (Å²) in [6.07, 6.45) is 5.37. The van der Waals surface area contributed by atoms with Gasteiger partial charge in [-0.3, -0.25) is 9.90 Å². The van der Waals surface area contributed by atoms with Gasteiger partial charge in [0, 0.05) is 5.92 Å². The minimum absolute atomic E-state index is 0.626. The van der Waals surface area contributed by atoms with Gasteiger partial charge in [0.05, 0.1) is 18.3 Å². The second-order valence-electron chi connectivity index (χ2n) is 4.57. The number of rotatable bonds is 1. The molecule has 0 aromatic heterocycles. The number of anilines is 1. The molecule has 2 nitrogen and oxygen atoms in total. The first-order valence-corrected chi connectivity index (χ1v) is 5.92. The number of hydrogen-bond acceptors (Lipinski definition) is 2. The summed E-state index contributed by atoms with van der Waals surface area (Å²) in [6.45, 7) is 0.916. The molecule has 3 rings (SSSR count). The molecule has 1 aliphatic carbocycles. The highest BCUT2D eigenvalue weighted by Gasteiger charge is 2.37. The van der Waals surface area contributed by atoms with Gasteiger partial charge in [-0.15, -0.1) is 0 Å². The smallest absolute Gasteiger partial charge is 0.0797 e. The van der Waals surface area contributed by atoms with Crippen LogP contribution in [0.2, 0.25) is 0 Å². The Morgan fingerprint density at radius 2 is 1.87 bits per heavy atom. The van der Waals surface area contributed by atoms with Gasteiger partial charge < -0.3 is 0 Å². The average molecular weight is 203 g/mol. The summed E-state index contributed by atoms with van der Waals surface area (Å²) in [6, 6.07) is 11.1. The van der Waals surface area contributed by atoms with Gasteiger partial charge in [-0.05, 0) is 25.0 Å². The third kappa shape index (κ3) is 1.63. The summed E-state index contributed by atoms with van der Waals surface area (Å²) >= 11 is 0. The first kappa shape index (κ1) is 9.22. The minimum atomic E-state index is 0.626. The molecule has 80 valence electrons. The van der Waals surface area contributed by atoms with Crippen molar-refractivity contribution in [2.45, 2.75) is 31.7 Å². The maximum atomic E-state index is 5.82. The van der Waals surface area contributed by atoms with Crippen LogP contribution in [0.15, 0.2) is 30.3 Å². The summed E-state index contributed by atoms with van der Waals surface area (Å²) in [5.41, 5.74) is 1.21. The highest BCUT2D eigenvalue weighted by molar-refractivity contribution is 5.45. The number of benzene rings is 1. The first-order chi connectivity index (χ1) is 7.45. The number of nitrogens with zero attached hydrogens (tertiary/aromatic N) is 1. The number of hydrogen-bond donors (Lipinski definition) is 0. The quantitative estimate of drug-likeness (QED) is 0.695. The molecule has 1 saturated carbocycles. The molecule has 2 heteroatoms. The maximum Gasteiger partial charge on any atom is 0.0797 e. The summed E-state index contributed by atoms with van der Waals surface area (Å²) in [5, 5.41) is 2.14. The van der Waals surface area contributed by atoms with Gasteiger partial charge >= 0.3 is 0 Å². The van der Waals surface area contributed by atoms with Crippen LogP contribution in [0, 0.1) is 5.92 Å². The van der Waals surface area contributed by atoms with Crippen LogP contribution in [0.5, 0.6) is 0 Å². The lowest BCUT2D eigenvalue weighted by atomic mass is 9.85. The number of para-hydroxylation sites is 1. The molecule has 2 fully saturated rings. The fourth-order valence-electron chi connectivity index (χ4n) is 2.80. The fourth-order valence-corrected chi connectivity index (χ4v) is 2.80. The second kappa shape index (κ2) is 3.86. The fraction of sp³-hybridized carbons (Fsp3) is 0.538. The van der Waals surface area contributed by atoms with Crippen LogP contribution in [0.4, 0.5) is 5.69 Å². The van der Waals surface area contributed by atoms with Crippen molar-refractivity contribution in [2.75, 3.05) is 11.7 Å². The third-order valence-corrected chi connectivity index (χ3v) is 3.61. The van der Waals surface area contributed by atoms with Gasteiger partial charge in [0.15, 0.2) is 0 Å². The van der Waals surface area contributed by atoms with Crippen LogP contribution in [0.3, 0.4) is 0 Å². The zero-order valence-corrected chi connectivity index (χ0v) is 8.93. The maximum absolute atomic E-state index is 5.82. The zero-order chi connectivity index (χ0) is 10.1. The lowest BCUT2D eigenvalue weighted by molar-refractivity contribution is 0.153. The van der Waals surface area contributed by atoms with E-state index in [-0.39, 0.29) is 0 Å². The van der Waals surface area contributed by atoms with Gasteiger partial charge in [0.25, 0.3) is 0 Å². The van der Waals surface area contributed by atoms with Crippen molar-refractivity contribution in [3.63, 3.8) is 0 Å². The minimum Gasteiger partial charge on any atom is -0.273 e. The molecule has 2 atom stereocenters. The SMILES string of the molecule is c1ccc(N2OCC3CCCCC32)cc1. The van der Waals surface area contributed by atoms with E-state index in [0.717, 1.165) is 12.5 Å². The van der Waals surface area contributed by atoms with Crippen molar-refractivity contribution in [3.8, 4) is 0 Å². The Balaban J connectivity index is 1.82. The van der Waals surface area contributed by atoms with E-state index in [2.05, 4.69) is 35.4 Å². The highest BCUT2D eigenvalue weighted by atomic mass is 16.7. The Morgan fingerprint density at radius 3 is 2.73 bits per heavy atom. The van der Waals surface area contributed by atoms with E-state index in [4.69, 9.17) is 4.84 Å². The Kier molecular flexibility index (Phi) is 2.37. The third-order valence-electron chi connectivity index (χ3n) is 3.61. The molecule has 2 aliphatic rings. The predicted molar refractivity (Wildman–Crippen MR) is 60.6 cm³/mol. The van der Waals surface area contributed by atoms with E-state index < -0.39 is 0 Å². The topological polar surface area (TPSA) is 12.5 Å². The van der Waals surface area contributed by atoms with E-state index in [9.17, 15) is 0 Å². The molecule has 1 heterocycles. The molecule has 15 heavy (non-hydrogen) atoms. The molecular weight excluding hydrogens is 186 g/mol. The molecule has 0 bridgehead atoms. The van der Waals surface area contributed by atoms with Gasteiger partial charge in [-0.25, -0.2) is 0 Å². The molecular formula is C13H17NO. The standard InChI is InChI=1S/C13H17NO/c1-2-7-12(8-3-1)14-13-9-5-4-6-11(13)10-15-14/h1-3,7-8,11,13H,4-6,9-10H2. The van der Waals surface area contributed by atoms with E-state index in [0.29, 0.717) is 6.04 Å². The van der Waals surface area contributed by atoms with Gasteiger partial charge in [0.1, 0.15) is 0 Å². The summed E-state index contributed by atoms with van der Waals surface area (Å²) in [7, 11) is 0. The zero-order valence-electron chi connectivity index (χ0n) is 8.93. The van der Waals surface area contributed by atoms with Crippen LogP contribution in [-0.2, 0) is 4.84 Å².